The van der Waals surface area contributed by atoms with E-state index in [0.717, 1.165) is 5.56 Å². The van der Waals surface area contributed by atoms with Crippen molar-refractivity contribution in [1.82, 2.24) is 0 Å². The van der Waals surface area contributed by atoms with Gasteiger partial charge in [-0.05, 0) is 94.5 Å². The standard InChI is InChI=1S/C37H56O3S2/c1-24(38)22-40-23-27(39)19-30-31(35(8,9)10)20-29(21-32(30)36(11,12)13)42-37(14,15)41-28-17-25(33(2,3)4)16-26(18-28)34(5,6)7/h16-18,20-21H,19,22-23H2,1-15H3. The molecular weight excluding hydrogens is 557 g/mol. The van der Waals surface area contributed by atoms with E-state index in [1.807, 2.05) is 23.5 Å². The molecule has 0 radical (unpaired) electrons. The fourth-order valence-corrected chi connectivity index (χ4v) is 7.51. The summed E-state index contributed by atoms with van der Waals surface area (Å²) in [5, 5.41) is 0. The highest BCUT2D eigenvalue weighted by atomic mass is 32.2. The summed E-state index contributed by atoms with van der Waals surface area (Å²) in [6.45, 7) is 33.0. The molecule has 0 fully saturated rings. The number of hydrogen-bond donors (Lipinski definition) is 0. The van der Waals surface area contributed by atoms with Crippen molar-refractivity contribution in [3.05, 3.63) is 58.1 Å². The lowest BCUT2D eigenvalue weighted by molar-refractivity contribution is -0.127. The molecule has 0 bridgehead atoms. The number of ketones is 2. The van der Waals surface area contributed by atoms with Crippen LogP contribution in [-0.2, 0) is 42.4 Å². The average molecular weight is 613 g/mol. The lowest BCUT2D eigenvalue weighted by atomic mass is 9.75. The number of rotatable bonds is 10. The van der Waals surface area contributed by atoms with Gasteiger partial charge in [-0.2, -0.15) is 0 Å². The molecule has 0 aliphatic heterocycles. The summed E-state index contributed by atoms with van der Waals surface area (Å²) in [6.07, 6.45) is 0.301. The minimum Gasteiger partial charge on any atom is -0.366 e. The van der Waals surface area contributed by atoms with Gasteiger partial charge in [0.25, 0.3) is 0 Å². The van der Waals surface area contributed by atoms with Gasteiger partial charge in [-0.1, -0.05) is 89.2 Å². The Kier molecular flexibility index (Phi) is 11.5. The first-order valence-corrected chi connectivity index (χ1v) is 16.7. The molecule has 234 valence electrons. The minimum atomic E-state index is -0.146. The fourth-order valence-electron chi connectivity index (χ4n) is 4.90. The van der Waals surface area contributed by atoms with Crippen molar-refractivity contribution in [2.75, 3.05) is 13.2 Å². The van der Waals surface area contributed by atoms with Crippen LogP contribution in [0, 0.1) is 0 Å². The Balaban J connectivity index is 2.54. The molecular formula is C37H56O3S2. The van der Waals surface area contributed by atoms with Gasteiger partial charge in [0.2, 0.25) is 0 Å². The highest BCUT2D eigenvalue weighted by molar-refractivity contribution is 8.18. The number of benzene rings is 2. The highest BCUT2D eigenvalue weighted by Crippen LogP contribution is 2.48. The maximum absolute atomic E-state index is 13.0. The van der Waals surface area contributed by atoms with Crippen LogP contribution in [0.15, 0.2) is 40.1 Å². The summed E-state index contributed by atoms with van der Waals surface area (Å²) in [7, 11) is 0. The Morgan fingerprint density at radius 2 is 1.00 bits per heavy atom. The average Bonchev–Trinajstić information content (AvgIpc) is 2.76. The van der Waals surface area contributed by atoms with Crippen molar-refractivity contribution in [1.29, 1.82) is 0 Å². The smallest absolute Gasteiger partial charge is 0.162 e. The van der Waals surface area contributed by atoms with Crippen LogP contribution in [0.5, 0.6) is 0 Å². The molecule has 0 aliphatic rings. The van der Waals surface area contributed by atoms with Gasteiger partial charge >= 0.3 is 0 Å². The lowest BCUT2D eigenvalue weighted by Gasteiger charge is -2.33. The van der Waals surface area contributed by atoms with Gasteiger partial charge in [0.05, 0.1) is 4.08 Å². The number of Topliss-reactive ketones (excluding diaryl/α,β-unsaturated/α-hetero) is 2. The molecule has 2 aromatic rings. The first-order valence-electron chi connectivity index (χ1n) is 15.1. The zero-order valence-corrected chi connectivity index (χ0v) is 30.7. The van der Waals surface area contributed by atoms with Crippen LogP contribution in [0.3, 0.4) is 0 Å². The molecule has 2 rings (SSSR count). The second-order valence-corrected chi connectivity index (χ2v) is 19.9. The van der Waals surface area contributed by atoms with E-state index in [9.17, 15) is 9.59 Å². The Labute approximate surface area is 265 Å². The molecule has 0 unspecified atom stereocenters. The highest BCUT2D eigenvalue weighted by Gasteiger charge is 2.30. The number of ether oxygens (including phenoxy) is 1. The van der Waals surface area contributed by atoms with Crippen LogP contribution in [0.1, 0.15) is 132 Å². The van der Waals surface area contributed by atoms with Crippen molar-refractivity contribution in [3.8, 4) is 0 Å². The molecule has 42 heavy (non-hydrogen) atoms. The van der Waals surface area contributed by atoms with Crippen LogP contribution in [0.4, 0.5) is 0 Å². The van der Waals surface area contributed by atoms with Crippen LogP contribution in [0.25, 0.3) is 0 Å². The third kappa shape index (κ3) is 10.9. The zero-order chi connectivity index (χ0) is 32.5. The van der Waals surface area contributed by atoms with E-state index in [4.69, 9.17) is 4.74 Å². The summed E-state index contributed by atoms with van der Waals surface area (Å²) in [5.41, 5.74) is 6.07. The first-order chi connectivity index (χ1) is 18.8. The van der Waals surface area contributed by atoms with Crippen LogP contribution in [-0.4, -0.2) is 28.9 Å². The summed E-state index contributed by atoms with van der Waals surface area (Å²) >= 11 is 3.81. The Hall–Kier alpha value is -1.56. The molecule has 3 nitrogen and oxygen atoms in total. The van der Waals surface area contributed by atoms with Gasteiger partial charge in [0.1, 0.15) is 13.2 Å². The topological polar surface area (TPSA) is 43.4 Å². The van der Waals surface area contributed by atoms with Crippen molar-refractivity contribution < 1.29 is 14.3 Å². The predicted octanol–water partition coefficient (Wildman–Crippen LogP) is 10.2. The summed E-state index contributed by atoms with van der Waals surface area (Å²) in [6, 6.07) is 11.7. The van der Waals surface area contributed by atoms with Crippen molar-refractivity contribution >= 4 is 35.1 Å². The van der Waals surface area contributed by atoms with E-state index in [1.54, 1.807) is 0 Å². The molecule has 0 saturated carbocycles. The molecule has 5 heteroatoms. The largest absolute Gasteiger partial charge is 0.366 e. The van der Waals surface area contributed by atoms with Gasteiger partial charge in [-0.3, -0.25) is 9.59 Å². The summed E-state index contributed by atoms with van der Waals surface area (Å²) in [5.74, 6) is -0.0768. The first kappa shape index (κ1) is 36.6. The number of carbonyl (C=O) groups is 2. The van der Waals surface area contributed by atoms with Crippen molar-refractivity contribution in [3.63, 3.8) is 0 Å². The van der Waals surface area contributed by atoms with Gasteiger partial charge < -0.3 is 4.74 Å². The Bertz CT molecular complexity index is 1210. The molecule has 0 N–H and O–H groups in total. The number of carbonyl (C=O) groups excluding carboxylic acids is 2. The predicted molar refractivity (Wildman–Crippen MR) is 184 cm³/mol. The minimum absolute atomic E-state index is 0.00285. The molecule has 0 aliphatic carbocycles. The van der Waals surface area contributed by atoms with Gasteiger partial charge in [-0.25, -0.2) is 0 Å². The van der Waals surface area contributed by atoms with E-state index in [1.165, 1.54) is 39.0 Å². The van der Waals surface area contributed by atoms with E-state index in [0.29, 0.717) is 6.42 Å². The van der Waals surface area contributed by atoms with E-state index in [-0.39, 0.29) is 50.5 Å². The quantitative estimate of drug-likeness (QED) is 0.197. The molecule has 0 spiro atoms. The molecule has 2 aromatic carbocycles. The number of thioether (sulfide) groups is 2. The number of hydrogen-bond acceptors (Lipinski definition) is 5. The van der Waals surface area contributed by atoms with Crippen LogP contribution < -0.4 is 0 Å². The van der Waals surface area contributed by atoms with Crippen molar-refractivity contribution in [2.45, 2.75) is 146 Å². The van der Waals surface area contributed by atoms with Gasteiger partial charge in [-0.15, -0.1) is 23.5 Å². The van der Waals surface area contributed by atoms with Crippen molar-refractivity contribution in [2.24, 2.45) is 0 Å². The second kappa shape index (κ2) is 13.2. The van der Waals surface area contributed by atoms with Gasteiger partial charge in [0, 0.05) is 16.2 Å². The molecule has 0 amide bonds. The Morgan fingerprint density at radius 1 is 0.595 bits per heavy atom. The zero-order valence-electron chi connectivity index (χ0n) is 29.0. The van der Waals surface area contributed by atoms with Crippen LogP contribution in [0.2, 0.25) is 0 Å². The SMILES string of the molecule is CC(=O)COCC(=O)Cc1c(C(C)(C)C)cc(SC(C)(C)Sc2cc(C(C)(C)C)cc(C(C)(C)C)c2)cc1C(C)(C)C. The van der Waals surface area contributed by atoms with E-state index >= 15 is 0 Å². The van der Waals surface area contributed by atoms with E-state index in [2.05, 4.69) is 127 Å². The molecule has 0 aromatic heterocycles. The Morgan fingerprint density at radius 3 is 1.36 bits per heavy atom. The normalized spacial score (nSPS) is 13.4. The monoisotopic (exact) mass is 612 g/mol. The second-order valence-electron chi connectivity index (χ2n) is 16.3. The van der Waals surface area contributed by atoms with E-state index < -0.39 is 0 Å². The third-order valence-corrected chi connectivity index (χ3v) is 9.57. The maximum atomic E-state index is 13.0. The van der Waals surface area contributed by atoms with Gasteiger partial charge in [0.15, 0.2) is 11.6 Å². The fraction of sp³-hybridized carbons (Fsp3) is 0.622. The van der Waals surface area contributed by atoms with Crippen LogP contribution >= 0.6 is 23.5 Å². The lowest BCUT2D eigenvalue weighted by Crippen LogP contribution is -2.25. The third-order valence-electron chi connectivity index (χ3n) is 7.15. The molecule has 0 saturated heterocycles. The summed E-state index contributed by atoms with van der Waals surface area (Å²) < 4.78 is 5.25. The molecule has 0 atom stereocenters. The maximum Gasteiger partial charge on any atom is 0.162 e. The summed E-state index contributed by atoms with van der Waals surface area (Å²) in [4.78, 5) is 26.8. The molecule has 0 heterocycles.